The van der Waals surface area contributed by atoms with Crippen molar-refractivity contribution >= 4 is 11.8 Å². The Kier molecular flexibility index (Phi) is 4.14. The van der Waals surface area contributed by atoms with Gasteiger partial charge in [0.2, 0.25) is 0 Å². The minimum Gasteiger partial charge on any atom is -0.381 e. The molecule has 0 aromatic rings. The fourth-order valence-corrected chi connectivity index (χ4v) is 3.45. The molecule has 0 aromatic carbocycles. The van der Waals surface area contributed by atoms with Crippen LogP contribution in [0.4, 0.5) is 0 Å². The molecule has 0 amide bonds. The van der Waals surface area contributed by atoms with Crippen molar-refractivity contribution in [2.75, 3.05) is 25.5 Å². The zero-order valence-electron chi connectivity index (χ0n) is 9.00. The quantitative estimate of drug-likeness (QED) is 0.774. The van der Waals surface area contributed by atoms with Crippen molar-refractivity contribution in [2.45, 2.75) is 37.5 Å². The molecule has 2 heterocycles. The smallest absolute Gasteiger partial charge is 0.0495 e. The van der Waals surface area contributed by atoms with Crippen molar-refractivity contribution in [3.8, 4) is 0 Å². The second-order valence-corrected chi connectivity index (χ2v) is 6.02. The van der Waals surface area contributed by atoms with E-state index in [1.54, 1.807) is 0 Å². The van der Waals surface area contributed by atoms with Crippen LogP contribution < -0.4 is 5.32 Å². The lowest BCUT2D eigenvalue weighted by atomic mass is 10.1. The molecule has 0 spiro atoms. The summed E-state index contributed by atoms with van der Waals surface area (Å²) in [6, 6.07) is 0.775. The van der Waals surface area contributed by atoms with E-state index in [0.29, 0.717) is 0 Å². The Morgan fingerprint density at radius 2 is 2.43 bits per heavy atom. The van der Waals surface area contributed by atoms with Gasteiger partial charge in [-0.25, -0.2) is 0 Å². The number of hydrogen-bond donors (Lipinski definition) is 1. The summed E-state index contributed by atoms with van der Waals surface area (Å²) in [6.07, 6.45) is 3.93. The van der Waals surface area contributed by atoms with Crippen molar-refractivity contribution in [1.29, 1.82) is 0 Å². The average molecular weight is 215 g/mol. The van der Waals surface area contributed by atoms with Gasteiger partial charge >= 0.3 is 0 Å². The largest absolute Gasteiger partial charge is 0.381 e. The Morgan fingerprint density at radius 3 is 3.07 bits per heavy atom. The summed E-state index contributed by atoms with van der Waals surface area (Å²) in [5.74, 6) is 2.14. The number of nitrogens with one attached hydrogen (secondary N) is 1. The van der Waals surface area contributed by atoms with Crippen LogP contribution >= 0.6 is 11.8 Å². The molecule has 2 aliphatic heterocycles. The Bertz CT molecular complexity index is 171. The maximum absolute atomic E-state index is 5.36. The molecule has 2 saturated heterocycles. The molecule has 2 aliphatic rings. The van der Waals surface area contributed by atoms with Crippen LogP contribution in [-0.4, -0.2) is 36.8 Å². The summed E-state index contributed by atoms with van der Waals surface area (Å²) in [4.78, 5) is 0. The second-order valence-electron chi connectivity index (χ2n) is 4.55. The first-order valence-corrected chi connectivity index (χ1v) is 6.82. The minimum atomic E-state index is 0.775. The van der Waals surface area contributed by atoms with Crippen LogP contribution in [0.1, 0.15) is 26.2 Å². The molecule has 3 heteroatoms. The van der Waals surface area contributed by atoms with Gasteiger partial charge < -0.3 is 10.1 Å². The van der Waals surface area contributed by atoms with Crippen molar-refractivity contribution < 1.29 is 4.74 Å². The highest BCUT2D eigenvalue weighted by Gasteiger charge is 2.21. The SMILES string of the molecule is CC1CC(NCCC2CCOC2)CS1. The molecule has 2 rings (SSSR count). The Balaban J connectivity index is 1.54. The van der Waals surface area contributed by atoms with Crippen LogP contribution in [0.15, 0.2) is 0 Å². The molecule has 82 valence electrons. The number of hydrogen-bond acceptors (Lipinski definition) is 3. The summed E-state index contributed by atoms with van der Waals surface area (Å²) >= 11 is 2.10. The Hall–Kier alpha value is 0.270. The highest BCUT2D eigenvalue weighted by Crippen LogP contribution is 2.26. The minimum absolute atomic E-state index is 0.775. The number of ether oxygens (including phenoxy) is 1. The van der Waals surface area contributed by atoms with Gasteiger partial charge in [0.15, 0.2) is 0 Å². The fourth-order valence-electron chi connectivity index (χ4n) is 2.26. The summed E-state index contributed by atoms with van der Waals surface area (Å²) in [6.45, 7) is 5.50. The summed E-state index contributed by atoms with van der Waals surface area (Å²) < 4.78 is 5.36. The first kappa shape index (κ1) is 10.8. The third-order valence-electron chi connectivity index (χ3n) is 3.21. The van der Waals surface area contributed by atoms with Gasteiger partial charge in [0.05, 0.1) is 0 Å². The van der Waals surface area contributed by atoms with Gasteiger partial charge in [-0.15, -0.1) is 0 Å². The molecule has 14 heavy (non-hydrogen) atoms. The average Bonchev–Trinajstić information content (AvgIpc) is 2.77. The van der Waals surface area contributed by atoms with E-state index in [9.17, 15) is 0 Å². The van der Waals surface area contributed by atoms with Gasteiger partial charge in [-0.05, 0) is 31.7 Å². The standard InChI is InChI=1S/C11H21NOS/c1-9-6-11(8-14-9)12-4-2-10-3-5-13-7-10/h9-12H,2-8H2,1H3. The lowest BCUT2D eigenvalue weighted by Crippen LogP contribution is -2.31. The Labute approximate surface area is 91.2 Å². The molecule has 0 aliphatic carbocycles. The van der Waals surface area contributed by atoms with E-state index in [2.05, 4.69) is 24.0 Å². The highest BCUT2D eigenvalue weighted by molar-refractivity contribution is 8.00. The van der Waals surface area contributed by atoms with Crippen molar-refractivity contribution in [3.05, 3.63) is 0 Å². The topological polar surface area (TPSA) is 21.3 Å². The van der Waals surface area contributed by atoms with E-state index < -0.39 is 0 Å². The Morgan fingerprint density at radius 1 is 1.50 bits per heavy atom. The third-order valence-corrected chi connectivity index (χ3v) is 4.56. The summed E-state index contributed by atoms with van der Waals surface area (Å²) in [5, 5.41) is 4.53. The molecular formula is C11H21NOS. The maximum atomic E-state index is 5.36. The molecule has 1 N–H and O–H groups in total. The van der Waals surface area contributed by atoms with Crippen molar-refractivity contribution in [1.82, 2.24) is 5.32 Å². The predicted octanol–water partition coefficient (Wildman–Crippen LogP) is 1.90. The van der Waals surface area contributed by atoms with Crippen LogP contribution in [0.3, 0.4) is 0 Å². The maximum Gasteiger partial charge on any atom is 0.0495 e. The first-order chi connectivity index (χ1) is 6.84. The summed E-state index contributed by atoms with van der Waals surface area (Å²) in [5.41, 5.74) is 0. The van der Waals surface area contributed by atoms with E-state index >= 15 is 0 Å². The monoisotopic (exact) mass is 215 g/mol. The zero-order valence-corrected chi connectivity index (χ0v) is 9.81. The van der Waals surface area contributed by atoms with Crippen LogP contribution in [0.5, 0.6) is 0 Å². The lowest BCUT2D eigenvalue weighted by Gasteiger charge is -2.13. The van der Waals surface area contributed by atoms with E-state index in [4.69, 9.17) is 4.74 Å². The zero-order chi connectivity index (χ0) is 9.80. The van der Waals surface area contributed by atoms with E-state index in [1.165, 1.54) is 31.6 Å². The molecule has 2 nitrogen and oxygen atoms in total. The van der Waals surface area contributed by atoms with Crippen LogP contribution in [0.2, 0.25) is 0 Å². The van der Waals surface area contributed by atoms with Gasteiger partial charge in [0, 0.05) is 30.3 Å². The molecule has 0 aromatic heterocycles. The molecule has 0 saturated carbocycles. The number of thioether (sulfide) groups is 1. The molecule has 0 bridgehead atoms. The molecule has 3 unspecified atom stereocenters. The van der Waals surface area contributed by atoms with E-state index in [-0.39, 0.29) is 0 Å². The van der Waals surface area contributed by atoms with E-state index in [0.717, 1.165) is 30.4 Å². The van der Waals surface area contributed by atoms with Gasteiger partial charge in [-0.3, -0.25) is 0 Å². The van der Waals surface area contributed by atoms with Gasteiger partial charge in [0.1, 0.15) is 0 Å². The van der Waals surface area contributed by atoms with Crippen molar-refractivity contribution in [2.24, 2.45) is 5.92 Å². The van der Waals surface area contributed by atoms with Gasteiger partial charge in [-0.2, -0.15) is 11.8 Å². The first-order valence-electron chi connectivity index (χ1n) is 5.77. The van der Waals surface area contributed by atoms with Gasteiger partial charge in [-0.1, -0.05) is 6.92 Å². The van der Waals surface area contributed by atoms with E-state index in [1.807, 2.05) is 0 Å². The fraction of sp³-hybridized carbons (Fsp3) is 1.00. The van der Waals surface area contributed by atoms with Crippen molar-refractivity contribution in [3.63, 3.8) is 0 Å². The molecule has 2 fully saturated rings. The lowest BCUT2D eigenvalue weighted by molar-refractivity contribution is 0.184. The van der Waals surface area contributed by atoms with Crippen LogP contribution in [-0.2, 0) is 4.74 Å². The number of rotatable bonds is 4. The summed E-state index contributed by atoms with van der Waals surface area (Å²) in [7, 11) is 0. The van der Waals surface area contributed by atoms with Crippen LogP contribution in [0.25, 0.3) is 0 Å². The van der Waals surface area contributed by atoms with Crippen LogP contribution in [0, 0.1) is 5.92 Å². The highest BCUT2D eigenvalue weighted by atomic mass is 32.2. The predicted molar refractivity (Wildman–Crippen MR) is 61.9 cm³/mol. The molecular weight excluding hydrogens is 194 g/mol. The molecule has 3 atom stereocenters. The third kappa shape index (κ3) is 3.14. The molecule has 0 radical (unpaired) electrons. The normalized spacial score (nSPS) is 37.9. The van der Waals surface area contributed by atoms with Gasteiger partial charge in [0.25, 0.3) is 0 Å². The second kappa shape index (κ2) is 5.38.